The summed E-state index contributed by atoms with van der Waals surface area (Å²) in [6.45, 7) is 7.96. The fraction of sp³-hybridized carbons (Fsp3) is 0.529. The molecule has 0 bridgehead atoms. The van der Waals surface area contributed by atoms with Gasteiger partial charge in [-0.3, -0.25) is 9.59 Å². The number of nitrogens with one attached hydrogen (secondary N) is 1. The molecule has 2 unspecified atom stereocenters. The van der Waals surface area contributed by atoms with Gasteiger partial charge in [0.05, 0.1) is 0 Å². The summed E-state index contributed by atoms with van der Waals surface area (Å²) in [5.74, 6) is -0.958. The zero-order chi connectivity index (χ0) is 15.6. The quantitative estimate of drug-likeness (QED) is 0.808. The van der Waals surface area contributed by atoms with E-state index in [1.54, 1.807) is 4.90 Å². The fourth-order valence-electron chi connectivity index (χ4n) is 3.00. The minimum Gasteiger partial charge on any atom is -0.329 e. The summed E-state index contributed by atoms with van der Waals surface area (Å²) >= 11 is 0. The highest BCUT2D eigenvalue weighted by molar-refractivity contribution is 6.39. The predicted molar refractivity (Wildman–Crippen MR) is 84.2 cm³/mol. The molecule has 1 heterocycles. The molecule has 0 aromatic heterocycles. The summed E-state index contributed by atoms with van der Waals surface area (Å²) in [6.07, 6.45) is 3.05. The first kappa shape index (κ1) is 15.5. The maximum Gasteiger partial charge on any atom is 0.313 e. The summed E-state index contributed by atoms with van der Waals surface area (Å²) in [5.41, 5.74) is 2.81. The monoisotopic (exact) mass is 288 g/mol. The van der Waals surface area contributed by atoms with Crippen LogP contribution in [0.1, 0.15) is 44.2 Å². The van der Waals surface area contributed by atoms with E-state index < -0.39 is 11.8 Å². The average molecular weight is 288 g/mol. The molecule has 1 aromatic carbocycles. The number of aryl methyl sites for hydroxylation is 1. The van der Waals surface area contributed by atoms with Gasteiger partial charge < -0.3 is 10.2 Å². The van der Waals surface area contributed by atoms with Crippen LogP contribution in [-0.4, -0.2) is 28.8 Å². The molecule has 2 atom stereocenters. The molecule has 1 aromatic rings. The Morgan fingerprint density at radius 3 is 2.38 bits per heavy atom. The van der Waals surface area contributed by atoms with E-state index >= 15 is 0 Å². The van der Waals surface area contributed by atoms with E-state index in [1.807, 2.05) is 45.9 Å². The Labute approximate surface area is 126 Å². The van der Waals surface area contributed by atoms with Gasteiger partial charge in [0, 0.05) is 17.8 Å². The minimum absolute atomic E-state index is 0.130. The number of anilines is 1. The largest absolute Gasteiger partial charge is 0.329 e. The molecular weight excluding hydrogens is 264 g/mol. The van der Waals surface area contributed by atoms with Gasteiger partial charge >= 0.3 is 11.8 Å². The molecule has 0 radical (unpaired) electrons. The molecule has 0 saturated carbocycles. The zero-order valence-electron chi connectivity index (χ0n) is 13.3. The van der Waals surface area contributed by atoms with E-state index in [-0.39, 0.29) is 12.1 Å². The molecule has 0 aliphatic carbocycles. The van der Waals surface area contributed by atoms with Gasteiger partial charge in [0.1, 0.15) is 0 Å². The van der Waals surface area contributed by atoms with E-state index in [1.165, 1.54) is 0 Å². The van der Waals surface area contributed by atoms with Crippen molar-refractivity contribution >= 4 is 17.5 Å². The first-order valence-electron chi connectivity index (χ1n) is 7.61. The number of hydrogen-bond acceptors (Lipinski definition) is 2. The highest BCUT2D eigenvalue weighted by Gasteiger charge is 2.32. The maximum atomic E-state index is 12.4. The number of piperidine rings is 1. The summed E-state index contributed by atoms with van der Waals surface area (Å²) < 4.78 is 0. The van der Waals surface area contributed by atoms with E-state index in [9.17, 15) is 9.59 Å². The Hall–Kier alpha value is -1.84. The lowest BCUT2D eigenvalue weighted by Gasteiger charge is -2.38. The number of nitrogens with zero attached hydrogens (tertiary/aromatic N) is 1. The SMILES string of the molecule is Cc1cccc(NC(=O)C(=O)N2C(C)CCCC2C)c1C. The van der Waals surface area contributed by atoms with E-state index in [4.69, 9.17) is 0 Å². The molecule has 1 saturated heterocycles. The topological polar surface area (TPSA) is 49.4 Å². The van der Waals surface area contributed by atoms with Crippen LogP contribution in [0.4, 0.5) is 5.69 Å². The molecule has 1 aliphatic rings. The van der Waals surface area contributed by atoms with Crippen molar-refractivity contribution in [3.63, 3.8) is 0 Å². The molecule has 1 aliphatic heterocycles. The lowest BCUT2D eigenvalue weighted by atomic mass is 9.97. The molecule has 0 spiro atoms. The lowest BCUT2D eigenvalue weighted by molar-refractivity contribution is -0.147. The number of amides is 2. The highest BCUT2D eigenvalue weighted by atomic mass is 16.2. The van der Waals surface area contributed by atoms with Crippen LogP contribution in [-0.2, 0) is 9.59 Å². The molecule has 1 fully saturated rings. The average Bonchev–Trinajstić information content (AvgIpc) is 2.43. The number of hydrogen-bond donors (Lipinski definition) is 1. The maximum absolute atomic E-state index is 12.4. The van der Waals surface area contributed by atoms with Crippen molar-refractivity contribution in [2.75, 3.05) is 5.32 Å². The Kier molecular flexibility index (Phi) is 4.66. The molecule has 4 nitrogen and oxygen atoms in total. The summed E-state index contributed by atoms with van der Waals surface area (Å²) in [7, 11) is 0. The van der Waals surface area contributed by atoms with Gasteiger partial charge in [0.15, 0.2) is 0 Å². The standard InChI is InChI=1S/C17H24N2O2/c1-11-7-5-10-15(14(11)4)18-16(20)17(21)19-12(2)8-6-9-13(19)3/h5,7,10,12-13H,6,8-9H2,1-4H3,(H,18,20). The summed E-state index contributed by atoms with van der Waals surface area (Å²) in [5, 5.41) is 2.76. The van der Waals surface area contributed by atoms with Gasteiger partial charge in [0.25, 0.3) is 0 Å². The van der Waals surface area contributed by atoms with Crippen LogP contribution in [0.5, 0.6) is 0 Å². The lowest BCUT2D eigenvalue weighted by Crippen LogP contribution is -2.51. The zero-order valence-corrected chi connectivity index (χ0v) is 13.3. The Balaban J connectivity index is 2.12. The first-order chi connectivity index (χ1) is 9.91. The minimum atomic E-state index is -0.538. The number of carbonyl (C=O) groups excluding carboxylic acids is 2. The number of benzene rings is 1. The number of carbonyl (C=O) groups is 2. The van der Waals surface area contributed by atoms with E-state index in [0.29, 0.717) is 5.69 Å². The Bertz CT molecular complexity index is 544. The Morgan fingerprint density at radius 1 is 1.14 bits per heavy atom. The number of likely N-dealkylation sites (tertiary alicyclic amines) is 1. The molecule has 4 heteroatoms. The third kappa shape index (κ3) is 3.26. The van der Waals surface area contributed by atoms with E-state index in [0.717, 1.165) is 30.4 Å². The van der Waals surface area contributed by atoms with Crippen LogP contribution in [0, 0.1) is 13.8 Å². The van der Waals surface area contributed by atoms with Crippen LogP contribution in [0.3, 0.4) is 0 Å². The second kappa shape index (κ2) is 6.29. The molecule has 2 amide bonds. The second-order valence-corrected chi connectivity index (χ2v) is 6.04. The molecule has 114 valence electrons. The second-order valence-electron chi connectivity index (χ2n) is 6.04. The Morgan fingerprint density at radius 2 is 1.76 bits per heavy atom. The third-order valence-corrected chi connectivity index (χ3v) is 4.48. The van der Waals surface area contributed by atoms with Gasteiger partial charge in [-0.25, -0.2) is 0 Å². The van der Waals surface area contributed by atoms with Crippen molar-refractivity contribution in [1.29, 1.82) is 0 Å². The van der Waals surface area contributed by atoms with Crippen molar-refractivity contribution in [1.82, 2.24) is 4.90 Å². The van der Waals surface area contributed by atoms with E-state index in [2.05, 4.69) is 5.32 Å². The van der Waals surface area contributed by atoms with Gasteiger partial charge in [0.2, 0.25) is 0 Å². The van der Waals surface area contributed by atoms with Crippen molar-refractivity contribution in [3.8, 4) is 0 Å². The van der Waals surface area contributed by atoms with Crippen LogP contribution < -0.4 is 5.32 Å². The third-order valence-electron chi connectivity index (χ3n) is 4.48. The van der Waals surface area contributed by atoms with Crippen molar-refractivity contribution in [2.45, 2.75) is 59.0 Å². The fourth-order valence-corrected chi connectivity index (χ4v) is 3.00. The highest BCUT2D eigenvalue weighted by Crippen LogP contribution is 2.23. The predicted octanol–water partition coefficient (Wildman–Crippen LogP) is 3.03. The molecular formula is C17H24N2O2. The van der Waals surface area contributed by atoms with Crippen LogP contribution >= 0.6 is 0 Å². The molecule has 2 rings (SSSR count). The van der Waals surface area contributed by atoms with Gasteiger partial charge in [-0.05, 0) is 64.2 Å². The molecule has 21 heavy (non-hydrogen) atoms. The van der Waals surface area contributed by atoms with Crippen molar-refractivity contribution in [3.05, 3.63) is 29.3 Å². The van der Waals surface area contributed by atoms with Gasteiger partial charge in [-0.15, -0.1) is 0 Å². The van der Waals surface area contributed by atoms with Gasteiger partial charge in [-0.2, -0.15) is 0 Å². The normalized spacial score (nSPS) is 22.0. The van der Waals surface area contributed by atoms with Gasteiger partial charge in [-0.1, -0.05) is 12.1 Å². The van der Waals surface area contributed by atoms with Crippen LogP contribution in [0.25, 0.3) is 0 Å². The molecule has 1 N–H and O–H groups in total. The van der Waals surface area contributed by atoms with Crippen LogP contribution in [0.15, 0.2) is 18.2 Å². The van der Waals surface area contributed by atoms with Crippen molar-refractivity contribution < 1.29 is 9.59 Å². The number of rotatable bonds is 1. The van der Waals surface area contributed by atoms with Crippen molar-refractivity contribution in [2.24, 2.45) is 0 Å². The smallest absolute Gasteiger partial charge is 0.313 e. The first-order valence-corrected chi connectivity index (χ1v) is 7.61. The summed E-state index contributed by atoms with van der Waals surface area (Å²) in [4.78, 5) is 26.4. The van der Waals surface area contributed by atoms with Crippen LogP contribution in [0.2, 0.25) is 0 Å². The summed E-state index contributed by atoms with van der Waals surface area (Å²) in [6, 6.07) is 5.96.